The van der Waals surface area contributed by atoms with Gasteiger partial charge in [-0.15, -0.1) is 0 Å². The smallest absolute Gasteiger partial charge is 0.255 e. The van der Waals surface area contributed by atoms with Gasteiger partial charge in [0.1, 0.15) is 5.75 Å². The molecule has 1 amide bonds. The van der Waals surface area contributed by atoms with Crippen LogP contribution in [0.3, 0.4) is 0 Å². The number of fused-ring (bicyclic) bond motifs is 2. The van der Waals surface area contributed by atoms with Crippen LogP contribution in [0.15, 0.2) is 60.7 Å². The normalized spacial score (nSPS) is 15.0. The van der Waals surface area contributed by atoms with Crippen LogP contribution in [0.25, 0.3) is 0 Å². The lowest BCUT2D eigenvalue weighted by molar-refractivity contribution is 0.0949. The number of rotatable bonds is 3. The number of phenolic OH excluding ortho intramolecular Hbond substituents is 1. The highest BCUT2D eigenvalue weighted by Gasteiger charge is 2.22. The van der Waals surface area contributed by atoms with E-state index in [4.69, 9.17) is 0 Å². The molecule has 0 aromatic heterocycles. The quantitative estimate of drug-likeness (QED) is 0.634. The number of aromatic hydroxyl groups is 1. The first kappa shape index (κ1) is 18.1. The van der Waals surface area contributed by atoms with Gasteiger partial charge in [0.05, 0.1) is 11.6 Å². The molecule has 4 rings (SSSR count). The van der Waals surface area contributed by atoms with Gasteiger partial charge in [-0.25, -0.2) is 0 Å². The van der Waals surface area contributed by atoms with Gasteiger partial charge in [0.25, 0.3) is 5.91 Å². The Morgan fingerprint density at radius 3 is 2.57 bits per heavy atom. The number of carbonyl (C=O) groups excluding carboxylic acids is 1. The van der Waals surface area contributed by atoms with Crippen molar-refractivity contribution in [2.75, 3.05) is 11.9 Å². The summed E-state index contributed by atoms with van der Waals surface area (Å²) in [6.45, 7) is 4.17. The molecule has 28 heavy (non-hydrogen) atoms. The second-order valence-electron chi connectivity index (χ2n) is 7.34. The van der Waals surface area contributed by atoms with Crippen LogP contribution < -0.4 is 10.6 Å². The van der Waals surface area contributed by atoms with E-state index in [0.29, 0.717) is 12.1 Å². The van der Waals surface area contributed by atoms with E-state index >= 15 is 0 Å². The zero-order chi connectivity index (χ0) is 19.7. The van der Waals surface area contributed by atoms with E-state index in [1.165, 1.54) is 16.7 Å². The average molecular weight is 372 g/mol. The second kappa shape index (κ2) is 7.39. The number of hydrogen-bond acceptors (Lipinski definition) is 3. The summed E-state index contributed by atoms with van der Waals surface area (Å²) in [6, 6.07) is 20.1. The highest BCUT2D eigenvalue weighted by Crippen LogP contribution is 2.32. The van der Waals surface area contributed by atoms with Crippen LogP contribution in [0, 0.1) is 13.8 Å². The molecule has 0 saturated carbocycles. The molecule has 142 valence electrons. The molecular formula is C24H24N2O2. The molecular weight excluding hydrogens is 348 g/mol. The minimum Gasteiger partial charge on any atom is -0.507 e. The zero-order valence-electron chi connectivity index (χ0n) is 16.1. The van der Waals surface area contributed by atoms with Gasteiger partial charge < -0.3 is 15.7 Å². The largest absolute Gasteiger partial charge is 0.507 e. The Balaban J connectivity index is 1.59. The predicted molar refractivity (Wildman–Crippen MR) is 112 cm³/mol. The Morgan fingerprint density at radius 2 is 1.75 bits per heavy atom. The highest BCUT2D eigenvalue weighted by molar-refractivity contribution is 5.97. The molecule has 0 fully saturated rings. The summed E-state index contributed by atoms with van der Waals surface area (Å²) >= 11 is 0. The van der Waals surface area contributed by atoms with E-state index in [9.17, 15) is 9.90 Å². The third-order valence-electron chi connectivity index (χ3n) is 5.57. The van der Waals surface area contributed by atoms with Crippen LogP contribution in [0.2, 0.25) is 0 Å². The van der Waals surface area contributed by atoms with Crippen molar-refractivity contribution in [1.29, 1.82) is 0 Å². The Bertz CT molecular complexity index is 1040. The van der Waals surface area contributed by atoms with Crippen LogP contribution in [0.1, 0.15) is 44.2 Å². The number of anilines is 1. The molecule has 0 saturated heterocycles. The number of para-hydroxylation sites is 1. The standard InChI is InChI=1S/C24H24N2O2/c1-15-11-12-20(23(27)16(15)2)24(28)25-14-22-19-9-5-3-7-17(19)13-18-8-4-6-10-21(18)26-22/h3-12,22,26-27H,13-14H2,1-2H3,(H,25,28). The Labute approximate surface area is 165 Å². The molecule has 0 spiro atoms. The monoisotopic (exact) mass is 372 g/mol. The lowest BCUT2D eigenvalue weighted by Crippen LogP contribution is -2.31. The summed E-state index contributed by atoms with van der Waals surface area (Å²) in [5, 5.41) is 16.9. The molecule has 4 heteroatoms. The summed E-state index contributed by atoms with van der Waals surface area (Å²) in [7, 11) is 0. The Morgan fingerprint density at radius 1 is 1.04 bits per heavy atom. The molecule has 3 aromatic rings. The summed E-state index contributed by atoms with van der Waals surface area (Å²) in [4.78, 5) is 12.7. The van der Waals surface area contributed by atoms with E-state index in [1.807, 2.05) is 38.1 Å². The molecule has 1 atom stereocenters. The SMILES string of the molecule is Cc1ccc(C(=O)NCC2Nc3ccccc3Cc3ccccc32)c(O)c1C. The summed E-state index contributed by atoms with van der Waals surface area (Å²) in [6.07, 6.45) is 0.863. The fourth-order valence-corrected chi connectivity index (χ4v) is 3.76. The molecule has 4 nitrogen and oxygen atoms in total. The zero-order valence-corrected chi connectivity index (χ0v) is 16.1. The first-order chi connectivity index (χ1) is 13.5. The average Bonchev–Trinajstić information content (AvgIpc) is 2.87. The van der Waals surface area contributed by atoms with Crippen LogP contribution in [0.4, 0.5) is 5.69 Å². The van der Waals surface area contributed by atoms with Gasteiger partial charge in [-0.05, 0) is 60.2 Å². The fourth-order valence-electron chi connectivity index (χ4n) is 3.76. The van der Waals surface area contributed by atoms with Crippen molar-refractivity contribution < 1.29 is 9.90 Å². The van der Waals surface area contributed by atoms with Crippen molar-refractivity contribution in [1.82, 2.24) is 5.32 Å². The predicted octanol–water partition coefficient (Wildman–Crippen LogP) is 4.50. The maximum Gasteiger partial charge on any atom is 0.255 e. The van der Waals surface area contributed by atoms with Crippen LogP contribution in [0.5, 0.6) is 5.75 Å². The van der Waals surface area contributed by atoms with Gasteiger partial charge in [0, 0.05) is 12.2 Å². The van der Waals surface area contributed by atoms with Gasteiger partial charge in [-0.1, -0.05) is 48.5 Å². The summed E-state index contributed by atoms with van der Waals surface area (Å²) in [5.41, 5.74) is 6.79. The number of hydrogen-bond donors (Lipinski definition) is 3. The van der Waals surface area contributed by atoms with Crippen molar-refractivity contribution in [3.8, 4) is 5.75 Å². The maximum absolute atomic E-state index is 12.7. The maximum atomic E-state index is 12.7. The van der Waals surface area contributed by atoms with Crippen molar-refractivity contribution in [3.63, 3.8) is 0 Å². The fraction of sp³-hybridized carbons (Fsp3) is 0.208. The minimum atomic E-state index is -0.266. The highest BCUT2D eigenvalue weighted by atomic mass is 16.3. The molecule has 3 N–H and O–H groups in total. The first-order valence-corrected chi connectivity index (χ1v) is 9.54. The van der Waals surface area contributed by atoms with Gasteiger partial charge in [-0.2, -0.15) is 0 Å². The van der Waals surface area contributed by atoms with Gasteiger partial charge in [-0.3, -0.25) is 4.79 Å². The lowest BCUT2D eigenvalue weighted by Gasteiger charge is -2.21. The second-order valence-corrected chi connectivity index (χ2v) is 7.34. The summed E-state index contributed by atoms with van der Waals surface area (Å²) in [5.74, 6) is -0.213. The van der Waals surface area contributed by atoms with Gasteiger partial charge in [0.15, 0.2) is 0 Å². The number of phenols is 1. The van der Waals surface area contributed by atoms with Crippen LogP contribution in [-0.2, 0) is 6.42 Å². The van der Waals surface area contributed by atoms with E-state index in [0.717, 1.165) is 23.2 Å². The Hall–Kier alpha value is -3.27. The van der Waals surface area contributed by atoms with Crippen molar-refractivity contribution >= 4 is 11.6 Å². The molecule has 0 bridgehead atoms. The van der Waals surface area contributed by atoms with Crippen LogP contribution in [-0.4, -0.2) is 17.6 Å². The van der Waals surface area contributed by atoms with E-state index in [-0.39, 0.29) is 17.7 Å². The van der Waals surface area contributed by atoms with E-state index < -0.39 is 0 Å². The van der Waals surface area contributed by atoms with Crippen molar-refractivity contribution in [2.45, 2.75) is 26.3 Å². The minimum absolute atomic E-state index is 0.0440. The van der Waals surface area contributed by atoms with Gasteiger partial charge >= 0.3 is 0 Å². The third kappa shape index (κ3) is 3.33. The van der Waals surface area contributed by atoms with Crippen LogP contribution >= 0.6 is 0 Å². The number of benzene rings is 3. The molecule has 1 aliphatic heterocycles. The van der Waals surface area contributed by atoms with Gasteiger partial charge in [0.2, 0.25) is 0 Å². The summed E-state index contributed by atoms with van der Waals surface area (Å²) < 4.78 is 0. The topological polar surface area (TPSA) is 61.4 Å². The number of aryl methyl sites for hydroxylation is 1. The first-order valence-electron chi connectivity index (χ1n) is 9.54. The number of nitrogens with one attached hydrogen (secondary N) is 2. The van der Waals surface area contributed by atoms with E-state index in [1.54, 1.807) is 6.07 Å². The lowest BCUT2D eigenvalue weighted by atomic mass is 9.97. The molecule has 1 heterocycles. The third-order valence-corrected chi connectivity index (χ3v) is 5.57. The molecule has 1 aliphatic rings. The number of carbonyl (C=O) groups is 1. The number of amides is 1. The van der Waals surface area contributed by atoms with E-state index in [2.05, 4.69) is 41.0 Å². The van der Waals surface area contributed by atoms with Crippen molar-refractivity contribution in [2.24, 2.45) is 0 Å². The molecule has 0 radical (unpaired) electrons. The Kier molecular flexibility index (Phi) is 4.78. The molecule has 1 unspecified atom stereocenters. The molecule has 0 aliphatic carbocycles. The van der Waals surface area contributed by atoms with Crippen molar-refractivity contribution in [3.05, 3.63) is 94.0 Å². The molecule has 3 aromatic carbocycles.